The second-order valence-corrected chi connectivity index (χ2v) is 4.01. The molecule has 0 aliphatic carbocycles. The largest absolute Gasteiger partial charge is 0.507 e. The number of carbonyl (C=O) groups excluding carboxylic acids is 1. The summed E-state index contributed by atoms with van der Waals surface area (Å²) in [6.07, 6.45) is 0. The molecule has 1 N–H and O–H groups in total. The molecule has 0 bridgehead atoms. The number of methoxy groups -OCH3 is 1. The number of ether oxygens (including phenoxy) is 1. The van der Waals surface area contributed by atoms with Crippen LogP contribution in [0.3, 0.4) is 0 Å². The van der Waals surface area contributed by atoms with Gasteiger partial charge in [0.05, 0.1) is 18.1 Å². The lowest BCUT2D eigenvalue weighted by Crippen LogP contribution is -2.01. The number of aromatic hydroxyl groups is 1. The smallest absolute Gasteiger partial charge is 0.337 e. The van der Waals surface area contributed by atoms with Crippen LogP contribution in [0.15, 0.2) is 22.6 Å². The molecule has 0 atom stereocenters. The van der Waals surface area contributed by atoms with Crippen LogP contribution in [0, 0.1) is 11.6 Å². The van der Waals surface area contributed by atoms with Crippen molar-refractivity contribution in [2.24, 2.45) is 0 Å². The minimum Gasteiger partial charge on any atom is -0.507 e. The van der Waals surface area contributed by atoms with Crippen LogP contribution >= 0.6 is 12.2 Å². The lowest BCUT2D eigenvalue weighted by Gasteiger charge is -2.06. The molecule has 0 aliphatic heterocycles. The van der Waals surface area contributed by atoms with Gasteiger partial charge in [0.2, 0.25) is 0 Å². The maximum atomic E-state index is 11.4. The Morgan fingerprint density at radius 1 is 1.41 bits per heavy atom. The van der Waals surface area contributed by atoms with Crippen molar-refractivity contribution in [2.75, 3.05) is 7.11 Å². The maximum absolute atomic E-state index is 11.4. The van der Waals surface area contributed by atoms with Crippen LogP contribution in [0.4, 0.5) is 0 Å². The lowest BCUT2D eigenvalue weighted by atomic mass is 10.1. The molecule has 0 radical (unpaired) electrons. The number of esters is 1. The van der Waals surface area contributed by atoms with E-state index in [0.29, 0.717) is 22.1 Å². The second kappa shape index (κ2) is 4.18. The molecule has 1 aromatic heterocycles. The molecular weight excluding hydrogens is 240 g/mol. The molecule has 5 heteroatoms. The van der Waals surface area contributed by atoms with Crippen molar-refractivity contribution < 1.29 is 19.1 Å². The molecule has 1 aromatic carbocycles. The summed E-state index contributed by atoms with van der Waals surface area (Å²) < 4.78 is 10.2. The first kappa shape index (κ1) is 11.6. The van der Waals surface area contributed by atoms with Crippen molar-refractivity contribution in [2.45, 2.75) is 6.92 Å². The van der Waals surface area contributed by atoms with E-state index in [4.69, 9.17) is 16.6 Å². The lowest BCUT2D eigenvalue weighted by molar-refractivity contribution is 0.0601. The Kier molecular flexibility index (Phi) is 2.85. The summed E-state index contributed by atoms with van der Waals surface area (Å²) in [7, 11) is 1.30. The van der Waals surface area contributed by atoms with E-state index >= 15 is 0 Å². The number of hydrogen-bond acceptors (Lipinski definition) is 5. The van der Waals surface area contributed by atoms with Gasteiger partial charge in [0.15, 0.2) is 4.71 Å². The van der Waals surface area contributed by atoms with E-state index < -0.39 is 5.97 Å². The summed E-state index contributed by atoms with van der Waals surface area (Å²) in [6.45, 7) is 1.77. The van der Waals surface area contributed by atoms with E-state index in [2.05, 4.69) is 4.74 Å². The standard InChI is InChI=1S/C12H10O4S/c1-6-3-7(12(14)15-2)4-8-9(13)5-10(17)16-11(6)8/h3-5,13H,1-2H3. The van der Waals surface area contributed by atoms with Crippen molar-refractivity contribution in [3.63, 3.8) is 0 Å². The Balaban J connectivity index is 2.82. The van der Waals surface area contributed by atoms with Crippen molar-refractivity contribution in [3.8, 4) is 5.75 Å². The molecule has 0 amide bonds. The van der Waals surface area contributed by atoms with Gasteiger partial charge in [0.1, 0.15) is 11.3 Å². The molecule has 0 saturated carbocycles. The van der Waals surface area contributed by atoms with Gasteiger partial charge < -0.3 is 14.3 Å². The van der Waals surface area contributed by atoms with E-state index in [9.17, 15) is 9.90 Å². The summed E-state index contributed by atoms with van der Waals surface area (Å²) in [5.41, 5.74) is 1.55. The molecule has 2 rings (SSSR count). The minimum absolute atomic E-state index is 0.00916. The molecule has 0 saturated heterocycles. The number of hydrogen-bond donors (Lipinski definition) is 1. The first-order valence-electron chi connectivity index (χ1n) is 4.88. The van der Waals surface area contributed by atoms with E-state index in [1.807, 2.05) is 0 Å². The average Bonchev–Trinajstić information content (AvgIpc) is 2.29. The molecule has 2 aromatic rings. The predicted molar refractivity (Wildman–Crippen MR) is 64.8 cm³/mol. The minimum atomic E-state index is -0.461. The summed E-state index contributed by atoms with van der Waals surface area (Å²) in [4.78, 5) is 11.4. The Hall–Kier alpha value is -1.88. The SMILES string of the molecule is COC(=O)c1cc(C)c2oc(=S)cc(O)c2c1. The summed E-state index contributed by atoms with van der Waals surface area (Å²) >= 11 is 4.88. The number of rotatable bonds is 1. The highest BCUT2D eigenvalue weighted by molar-refractivity contribution is 7.71. The van der Waals surface area contributed by atoms with Crippen molar-refractivity contribution in [3.05, 3.63) is 34.0 Å². The topological polar surface area (TPSA) is 59.7 Å². The Labute approximate surface area is 102 Å². The zero-order chi connectivity index (χ0) is 12.6. The molecule has 0 unspecified atom stereocenters. The fourth-order valence-corrected chi connectivity index (χ4v) is 1.85. The normalized spacial score (nSPS) is 10.5. The molecule has 88 valence electrons. The molecule has 0 fully saturated rings. The van der Waals surface area contributed by atoms with Gasteiger partial charge in [-0.25, -0.2) is 4.79 Å². The van der Waals surface area contributed by atoms with Gasteiger partial charge in [0.25, 0.3) is 0 Å². The van der Waals surface area contributed by atoms with Crippen molar-refractivity contribution >= 4 is 29.2 Å². The Bertz CT molecular complexity index is 657. The average molecular weight is 250 g/mol. The second-order valence-electron chi connectivity index (χ2n) is 3.61. The monoisotopic (exact) mass is 250 g/mol. The third kappa shape index (κ3) is 2.01. The Morgan fingerprint density at radius 2 is 2.12 bits per heavy atom. The van der Waals surface area contributed by atoms with Gasteiger partial charge >= 0.3 is 5.97 Å². The van der Waals surface area contributed by atoms with Crippen LogP contribution in [0.1, 0.15) is 15.9 Å². The quantitative estimate of drug-likeness (QED) is 0.622. The molecule has 4 nitrogen and oxygen atoms in total. The summed E-state index contributed by atoms with van der Waals surface area (Å²) in [5, 5.41) is 10.2. The fourth-order valence-electron chi connectivity index (χ4n) is 1.65. The molecule has 1 heterocycles. The molecule has 0 spiro atoms. The molecular formula is C12H10O4S. The molecule has 17 heavy (non-hydrogen) atoms. The van der Waals surface area contributed by atoms with Crippen molar-refractivity contribution in [1.29, 1.82) is 0 Å². The van der Waals surface area contributed by atoms with Crippen LogP contribution < -0.4 is 0 Å². The predicted octanol–water partition coefficient (Wildman–Crippen LogP) is 2.96. The summed E-state index contributed by atoms with van der Waals surface area (Å²) in [5.74, 6) is -0.470. The number of aryl methyl sites for hydroxylation is 1. The van der Waals surface area contributed by atoms with E-state index in [1.54, 1.807) is 13.0 Å². The number of carbonyl (C=O) groups is 1. The first-order valence-corrected chi connectivity index (χ1v) is 5.29. The van der Waals surface area contributed by atoms with Gasteiger partial charge in [-0.15, -0.1) is 0 Å². The molecule has 0 aliphatic rings. The van der Waals surface area contributed by atoms with Crippen LogP contribution in [-0.2, 0) is 4.74 Å². The number of fused-ring (bicyclic) bond motifs is 1. The zero-order valence-electron chi connectivity index (χ0n) is 9.31. The van der Waals surface area contributed by atoms with Crippen LogP contribution in [0.2, 0.25) is 0 Å². The van der Waals surface area contributed by atoms with Crippen LogP contribution in [-0.4, -0.2) is 18.2 Å². The highest BCUT2D eigenvalue weighted by Crippen LogP contribution is 2.29. The van der Waals surface area contributed by atoms with Crippen LogP contribution in [0.5, 0.6) is 5.75 Å². The van der Waals surface area contributed by atoms with Gasteiger partial charge in [-0.3, -0.25) is 0 Å². The third-order valence-electron chi connectivity index (χ3n) is 2.43. The van der Waals surface area contributed by atoms with Gasteiger partial charge in [0, 0.05) is 6.07 Å². The third-order valence-corrected chi connectivity index (χ3v) is 2.63. The number of benzene rings is 1. The Morgan fingerprint density at radius 3 is 2.76 bits per heavy atom. The van der Waals surface area contributed by atoms with E-state index in [-0.39, 0.29) is 10.5 Å². The van der Waals surface area contributed by atoms with E-state index in [1.165, 1.54) is 19.2 Å². The van der Waals surface area contributed by atoms with Crippen LogP contribution in [0.25, 0.3) is 11.0 Å². The fraction of sp³-hybridized carbons (Fsp3) is 0.167. The van der Waals surface area contributed by atoms with Gasteiger partial charge in [-0.05, 0) is 36.8 Å². The van der Waals surface area contributed by atoms with Gasteiger partial charge in [-0.1, -0.05) is 0 Å². The zero-order valence-corrected chi connectivity index (χ0v) is 10.1. The maximum Gasteiger partial charge on any atom is 0.337 e. The first-order chi connectivity index (χ1) is 8.02. The van der Waals surface area contributed by atoms with Crippen molar-refractivity contribution in [1.82, 2.24) is 0 Å². The highest BCUT2D eigenvalue weighted by Gasteiger charge is 2.12. The summed E-state index contributed by atoms with van der Waals surface area (Å²) in [6, 6.07) is 4.48. The van der Waals surface area contributed by atoms with Gasteiger partial charge in [-0.2, -0.15) is 0 Å². The van der Waals surface area contributed by atoms with E-state index in [0.717, 1.165) is 0 Å². The highest BCUT2D eigenvalue weighted by atomic mass is 32.1.